The Hall–Kier alpha value is -3.14. The van der Waals surface area contributed by atoms with Crippen molar-refractivity contribution in [3.8, 4) is 0 Å². The monoisotopic (exact) mass is 444 g/mol. The summed E-state index contributed by atoms with van der Waals surface area (Å²) >= 11 is 0. The van der Waals surface area contributed by atoms with Crippen molar-refractivity contribution in [2.24, 2.45) is 0 Å². The van der Waals surface area contributed by atoms with Gasteiger partial charge in [-0.25, -0.2) is 0 Å². The molecule has 0 aliphatic carbocycles. The number of benzene rings is 3. The summed E-state index contributed by atoms with van der Waals surface area (Å²) in [4.78, 5) is 28.4. The second-order valence-corrected chi connectivity index (χ2v) is 8.89. The Bertz CT molecular complexity index is 1090. The first kappa shape index (κ1) is 24.5. The molecule has 0 saturated heterocycles. The van der Waals surface area contributed by atoms with Crippen LogP contribution in [0.4, 0.5) is 0 Å². The topological polar surface area (TPSA) is 49.4 Å². The third kappa shape index (κ3) is 6.44. The maximum Gasteiger partial charge on any atom is 0.243 e. The molecule has 2 amide bonds. The van der Waals surface area contributed by atoms with Crippen LogP contribution in [0.2, 0.25) is 0 Å². The predicted octanol–water partition coefficient (Wildman–Crippen LogP) is 5.80. The van der Waals surface area contributed by atoms with Crippen molar-refractivity contribution >= 4 is 22.6 Å². The molecular formula is C29H36N2O2. The highest BCUT2D eigenvalue weighted by Gasteiger charge is 2.29. The van der Waals surface area contributed by atoms with Crippen molar-refractivity contribution in [3.63, 3.8) is 0 Å². The normalized spacial score (nSPS) is 12.8. The number of nitrogens with one attached hydrogen (secondary N) is 1. The molecule has 0 aliphatic rings. The smallest absolute Gasteiger partial charge is 0.243 e. The van der Waals surface area contributed by atoms with Gasteiger partial charge in [0, 0.05) is 19.0 Å². The zero-order valence-electron chi connectivity index (χ0n) is 20.3. The fraction of sp³-hybridized carbons (Fsp3) is 0.379. The quantitative estimate of drug-likeness (QED) is 0.429. The number of fused-ring (bicyclic) bond motifs is 1. The Kier molecular flexibility index (Phi) is 8.65. The van der Waals surface area contributed by atoms with Crippen LogP contribution in [-0.2, 0) is 22.6 Å². The summed E-state index contributed by atoms with van der Waals surface area (Å²) in [7, 11) is 0. The number of amides is 2. The Balaban J connectivity index is 1.83. The molecule has 3 rings (SSSR count). The van der Waals surface area contributed by atoms with E-state index in [1.807, 2.05) is 64.1 Å². The molecule has 1 N–H and O–H groups in total. The first-order valence-electron chi connectivity index (χ1n) is 12.0. The van der Waals surface area contributed by atoms with E-state index in [0.29, 0.717) is 25.8 Å². The highest BCUT2D eigenvalue weighted by atomic mass is 16.2. The second kappa shape index (κ2) is 11.6. The molecule has 3 aromatic carbocycles. The van der Waals surface area contributed by atoms with Gasteiger partial charge >= 0.3 is 0 Å². The van der Waals surface area contributed by atoms with Crippen molar-refractivity contribution in [2.75, 3.05) is 0 Å². The van der Waals surface area contributed by atoms with E-state index in [0.717, 1.165) is 23.1 Å². The molecule has 33 heavy (non-hydrogen) atoms. The van der Waals surface area contributed by atoms with Crippen molar-refractivity contribution in [3.05, 3.63) is 83.4 Å². The van der Waals surface area contributed by atoms with Gasteiger partial charge in [-0.1, -0.05) is 86.1 Å². The fourth-order valence-electron chi connectivity index (χ4n) is 4.26. The molecule has 174 valence electrons. The Labute approximate surface area is 198 Å². The van der Waals surface area contributed by atoms with Crippen LogP contribution in [0.5, 0.6) is 0 Å². The third-order valence-corrected chi connectivity index (χ3v) is 6.31. The lowest BCUT2D eigenvalue weighted by Crippen LogP contribution is -2.50. The SMILES string of the molecule is CC[C@@H](C)NC(=O)[C@H](CC)N(Cc1cccc(C)c1)C(=O)CCc1cccc2ccccc12. The predicted molar refractivity (Wildman–Crippen MR) is 136 cm³/mol. The Morgan fingerprint density at radius 2 is 1.67 bits per heavy atom. The van der Waals surface area contributed by atoms with Crippen LogP contribution < -0.4 is 5.32 Å². The summed E-state index contributed by atoms with van der Waals surface area (Å²) in [5, 5.41) is 5.44. The Morgan fingerprint density at radius 1 is 0.939 bits per heavy atom. The highest BCUT2D eigenvalue weighted by molar-refractivity contribution is 5.89. The number of rotatable bonds is 10. The van der Waals surface area contributed by atoms with Gasteiger partial charge in [0.25, 0.3) is 0 Å². The molecular weight excluding hydrogens is 408 g/mol. The molecule has 2 atom stereocenters. The van der Waals surface area contributed by atoms with Crippen molar-refractivity contribution in [2.45, 2.75) is 72.0 Å². The lowest BCUT2D eigenvalue weighted by atomic mass is 10.00. The van der Waals surface area contributed by atoms with Crippen LogP contribution >= 0.6 is 0 Å². The summed E-state index contributed by atoms with van der Waals surface area (Å²) in [5.41, 5.74) is 3.35. The average molecular weight is 445 g/mol. The summed E-state index contributed by atoms with van der Waals surface area (Å²) in [5.74, 6) is -0.0615. The van der Waals surface area contributed by atoms with Gasteiger partial charge in [0.2, 0.25) is 11.8 Å². The number of nitrogens with zero attached hydrogens (tertiary/aromatic N) is 1. The van der Waals surface area contributed by atoms with Crippen LogP contribution in [-0.4, -0.2) is 28.8 Å². The van der Waals surface area contributed by atoms with Gasteiger partial charge in [0.1, 0.15) is 6.04 Å². The van der Waals surface area contributed by atoms with Gasteiger partial charge in [0.05, 0.1) is 0 Å². The molecule has 4 heteroatoms. The van der Waals surface area contributed by atoms with E-state index < -0.39 is 6.04 Å². The van der Waals surface area contributed by atoms with Gasteiger partial charge in [0.15, 0.2) is 0 Å². The van der Waals surface area contributed by atoms with E-state index in [1.54, 1.807) is 4.90 Å². The number of carbonyl (C=O) groups is 2. The maximum atomic E-state index is 13.5. The fourth-order valence-corrected chi connectivity index (χ4v) is 4.26. The van der Waals surface area contributed by atoms with Gasteiger partial charge < -0.3 is 10.2 Å². The molecule has 0 fully saturated rings. The number of hydrogen-bond donors (Lipinski definition) is 1. The Morgan fingerprint density at radius 3 is 2.39 bits per heavy atom. The molecule has 0 aromatic heterocycles. The van der Waals surface area contributed by atoms with Crippen LogP contribution in [0, 0.1) is 6.92 Å². The van der Waals surface area contributed by atoms with E-state index in [1.165, 1.54) is 10.8 Å². The minimum Gasteiger partial charge on any atom is -0.352 e. The molecule has 0 spiro atoms. The zero-order valence-corrected chi connectivity index (χ0v) is 20.3. The lowest BCUT2D eigenvalue weighted by Gasteiger charge is -2.31. The first-order valence-corrected chi connectivity index (χ1v) is 12.0. The number of hydrogen-bond acceptors (Lipinski definition) is 2. The number of aryl methyl sites for hydroxylation is 2. The van der Waals surface area contributed by atoms with Gasteiger partial charge in [-0.15, -0.1) is 0 Å². The second-order valence-electron chi connectivity index (χ2n) is 8.89. The molecule has 0 saturated carbocycles. The molecule has 0 bridgehead atoms. The van der Waals surface area contributed by atoms with E-state index in [2.05, 4.69) is 35.6 Å². The summed E-state index contributed by atoms with van der Waals surface area (Å²) in [6.45, 7) is 8.50. The molecule has 4 nitrogen and oxygen atoms in total. The van der Waals surface area contributed by atoms with Crippen molar-refractivity contribution in [1.82, 2.24) is 10.2 Å². The lowest BCUT2D eigenvalue weighted by molar-refractivity contribution is -0.141. The highest BCUT2D eigenvalue weighted by Crippen LogP contribution is 2.21. The van der Waals surface area contributed by atoms with E-state index in [4.69, 9.17) is 0 Å². The van der Waals surface area contributed by atoms with Gasteiger partial charge in [-0.3, -0.25) is 9.59 Å². The van der Waals surface area contributed by atoms with E-state index >= 15 is 0 Å². The maximum absolute atomic E-state index is 13.5. The van der Waals surface area contributed by atoms with Crippen molar-refractivity contribution < 1.29 is 9.59 Å². The molecule has 0 unspecified atom stereocenters. The minimum atomic E-state index is -0.487. The summed E-state index contributed by atoms with van der Waals surface area (Å²) in [6.07, 6.45) is 2.45. The zero-order chi connectivity index (χ0) is 23.8. The van der Waals surface area contributed by atoms with Crippen LogP contribution in [0.25, 0.3) is 10.8 Å². The minimum absolute atomic E-state index is 0.00981. The molecule has 0 radical (unpaired) electrons. The standard InChI is InChI=1S/C29H36N2O2/c1-5-22(4)30-29(33)27(6-2)31(20-23-12-9-11-21(3)19-23)28(32)18-17-25-15-10-14-24-13-7-8-16-26(24)25/h7-16,19,22,27H,5-6,17-18,20H2,1-4H3,(H,30,33)/t22-,27+/m1/s1. The van der Waals surface area contributed by atoms with E-state index in [-0.39, 0.29) is 17.9 Å². The van der Waals surface area contributed by atoms with Crippen molar-refractivity contribution in [1.29, 1.82) is 0 Å². The van der Waals surface area contributed by atoms with Crippen LogP contribution in [0.15, 0.2) is 66.7 Å². The summed E-state index contributed by atoms with van der Waals surface area (Å²) < 4.78 is 0. The summed E-state index contributed by atoms with van der Waals surface area (Å²) in [6, 6.07) is 22.2. The largest absolute Gasteiger partial charge is 0.352 e. The number of carbonyl (C=O) groups excluding carboxylic acids is 2. The average Bonchev–Trinajstić information content (AvgIpc) is 2.82. The van der Waals surface area contributed by atoms with Crippen LogP contribution in [0.1, 0.15) is 56.7 Å². The van der Waals surface area contributed by atoms with Crippen LogP contribution in [0.3, 0.4) is 0 Å². The third-order valence-electron chi connectivity index (χ3n) is 6.31. The van der Waals surface area contributed by atoms with E-state index in [9.17, 15) is 9.59 Å². The van der Waals surface area contributed by atoms with Gasteiger partial charge in [-0.05, 0) is 55.0 Å². The molecule has 3 aromatic rings. The van der Waals surface area contributed by atoms with Gasteiger partial charge in [-0.2, -0.15) is 0 Å². The molecule has 0 heterocycles. The molecule has 0 aliphatic heterocycles. The first-order chi connectivity index (χ1) is 15.9.